The molecule has 0 saturated heterocycles. The monoisotopic (exact) mass is 402 g/mol. The third kappa shape index (κ3) is 4.01. The zero-order valence-electron chi connectivity index (χ0n) is 15.2. The van der Waals surface area contributed by atoms with Crippen LogP contribution in [0.25, 0.3) is 11.0 Å². The number of nitrogens with zero attached hydrogens (tertiary/aromatic N) is 2. The summed E-state index contributed by atoms with van der Waals surface area (Å²) in [5.41, 5.74) is -1.03. The Balaban J connectivity index is 1.75. The van der Waals surface area contributed by atoms with E-state index in [-0.39, 0.29) is 16.6 Å². The standard InChI is InChI=1S/C18H18N4O5S/c1-3-22-14-13(16(24)21-18(22)26)7-11(8-19-14)17(25)27-10(2)15(23)20-9-12-5-4-6-28-12/h4-8,10H,3,9H2,1-2H3,(H,20,23)(H,21,24,26)/t10-/m1/s1. The van der Waals surface area contributed by atoms with Crippen LogP contribution in [0.3, 0.4) is 0 Å². The second-order valence-corrected chi connectivity index (χ2v) is 6.98. The maximum Gasteiger partial charge on any atom is 0.340 e. The van der Waals surface area contributed by atoms with E-state index in [0.29, 0.717) is 13.1 Å². The van der Waals surface area contributed by atoms with Gasteiger partial charge in [0.1, 0.15) is 5.65 Å². The fourth-order valence-electron chi connectivity index (χ4n) is 2.59. The van der Waals surface area contributed by atoms with Gasteiger partial charge in [-0.2, -0.15) is 0 Å². The first-order valence-electron chi connectivity index (χ1n) is 8.54. The highest BCUT2D eigenvalue weighted by atomic mass is 32.1. The third-order valence-corrected chi connectivity index (χ3v) is 4.93. The van der Waals surface area contributed by atoms with Crippen molar-refractivity contribution in [3.63, 3.8) is 0 Å². The quantitative estimate of drug-likeness (QED) is 0.594. The summed E-state index contributed by atoms with van der Waals surface area (Å²) in [5, 5.41) is 4.68. The molecule has 1 amide bonds. The minimum Gasteiger partial charge on any atom is -0.449 e. The molecule has 3 aromatic rings. The molecular formula is C18H18N4O5S. The van der Waals surface area contributed by atoms with Crippen molar-refractivity contribution in [2.24, 2.45) is 0 Å². The van der Waals surface area contributed by atoms with Crippen LogP contribution in [0.15, 0.2) is 39.4 Å². The zero-order valence-corrected chi connectivity index (χ0v) is 16.0. The molecule has 1 atom stereocenters. The van der Waals surface area contributed by atoms with Crippen molar-refractivity contribution in [2.45, 2.75) is 33.0 Å². The van der Waals surface area contributed by atoms with Gasteiger partial charge in [-0.05, 0) is 31.4 Å². The number of pyridine rings is 1. The van der Waals surface area contributed by atoms with E-state index < -0.39 is 29.2 Å². The number of esters is 1. The van der Waals surface area contributed by atoms with Gasteiger partial charge in [-0.3, -0.25) is 19.1 Å². The Hall–Kier alpha value is -3.27. The van der Waals surface area contributed by atoms with Crippen molar-refractivity contribution in [2.75, 3.05) is 0 Å². The van der Waals surface area contributed by atoms with Gasteiger partial charge in [-0.25, -0.2) is 14.6 Å². The van der Waals surface area contributed by atoms with E-state index in [0.717, 1.165) is 4.88 Å². The van der Waals surface area contributed by atoms with Crippen LogP contribution in [-0.4, -0.2) is 32.5 Å². The molecule has 3 rings (SSSR count). The summed E-state index contributed by atoms with van der Waals surface area (Å²) in [5.74, 6) is -1.23. The first-order chi connectivity index (χ1) is 13.4. The number of aryl methyl sites for hydroxylation is 1. The third-order valence-electron chi connectivity index (χ3n) is 4.05. The summed E-state index contributed by atoms with van der Waals surface area (Å²) < 4.78 is 6.45. The van der Waals surface area contributed by atoms with Crippen LogP contribution < -0.4 is 16.6 Å². The Morgan fingerprint density at radius 1 is 1.39 bits per heavy atom. The maximum atomic E-state index is 12.3. The van der Waals surface area contributed by atoms with Gasteiger partial charge in [-0.1, -0.05) is 6.07 Å². The minimum atomic E-state index is -1.02. The van der Waals surface area contributed by atoms with Crippen molar-refractivity contribution >= 4 is 34.2 Å². The van der Waals surface area contributed by atoms with E-state index in [9.17, 15) is 19.2 Å². The Bertz CT molecular complexity index is 1130. The summed E-state index contributed by atoms with van der Waals surface area (Å²) in [6, 6.07) is 5.06. The Labute approximate surface area is 163 Å². The molecule has 0 aliphatic heterocycles. The normalized spacial score (nSPS) is 11.9. The smallest absolute Gasteiger partial charge is 0.340 e. The first-order valence-corrected chi connectivity index (χ1v) is 9.42. The summed E-state index contributed by atoms with van der Waals surface area (Å²) >= 11 is 1.51. The number of hydrogen-bond donors (Lipinski definition) is 2. The fourth-order valence-corrected chi connectivity index (χ4v) is 3.23. The van der Waals surface area contributed by atoms with Gasteiger partial charge in [0.15, 0.2) is 6.10 Å². The zero-order chi connectivity index (χ0) is 20.3. The molecular weight excluding hydrogens is 384 g/mol. The maximum absolute atomic E-state index is 12.3. The predicted molar refractivity (Wildman–Crippen MR) is 103 cm³/mol. The second kappa shape index (κ2) is 8.17. The molecule has 0 spiro atoms. The first kappa shape index (κ1) is 19.5. The molecule has 0 unspecified atom stereocenters. The van der Waals surface area contributed by atoms with E-state index in [4.69, 9.17) is 4.74 Å². The van der Waals surface area contributed by atoms with E-state index in [1.807, 2.05) is 17.5 Å². The lowest BCUT2D eigenvalue weighted by Gasteiger charge is -2.13. The van der Waals surface area contributed by atoms with Gasteiger partial charge in [-0.15, -0.1) is 11.3 Å². The fraction of sp³-hybridized carbons (Fsp3) is 0.278. The van der Waals surface area contributed by atoms with Crippen LogP contribution in [0.2, 0.25) is 0 Å². The Morgan fingerprint density at radius 2 is 2.18 bits per heavy atom. The second-order valence-electron chi connectivity index (χ2n) is 5.94. The highest BCUT2D eigenvalue weighted by Gasteiger charge is 2.20. The van der Waals surface area contributed by atoms with Gasteiger partial charge < -0.3 is 10.1 Å². The molecule has 28 heavy (non-hydrogen) atoms. The van der Waals surface area contributed by atoms with Gasteiger partial charge in [0, 0.05) is 17.6 Å². The number of carbonyl (C=O) groups is 2. The van der Waals surface area contributed by atoms with E-state index in [1.54, 1.807) is 6.92 Å². The molecule has 3 aromatic heterocycles. The van der Waals surface area contributed by atoms with Crippen LogP contribution in [0.1, 0.15) is 29.1 Å². The number of nitrogens with one attached hydrogen (secondary N) is 2. The number of H-pyrrole nitrogens is 1. The van der Waals surface area contributed by atoms with Crippen molar-refractivity contribution in [1.82, 2.24) is 19.9 Å². The molecule has 3 heterocycles. The van der Waals surface area contributed by atoms with Crippen LogP contribution in [-0.2, 0) is 22.6 Å². The van der Waals surface area contributed by atoms with Crippen LogP contribution >= 0.6 is 11.3 Å². The molecule has 10 heteroatoms. The van der Waals surface area contributed by atoms with Crippen molar-refractivity contribution < 1.29 is 14.3 Å². The minimum absolute atomic E-state index is 0.0113. The summed E-state index contributed by atoms with van der Waals surface area (Å²) in [6.07, 6.45) is 0.192. The summed E-state index contributed by atoms with van der Waals surface area (Å²) in [7, 11) is 0. The van der Waals surface area contributed by atoms with Crippen LogP contribution in [0, 0.1) is 0 Å². The number of hydrogen-bond acceptors (Lipinski definition) is 7. The van der Waals surface area contributed by atoms with Crippen molar-refractivity contribution in [1.29, 1.82) is 0 Å². The highest BCUT2D eigenvalue weighted by Crippen LogP contribution is 2.11. The lowest BCUT2D eigenvalue weighted by atomic mass is 10.2. The van der Waals surface area contributed by atoms with Gasteiger partial charge in [0.2, 0.25) is 0 Å². The molecule has 0 aromatic carbocycles. The molecule has 0 aliphatic rings. The summed E-state index contributed by atoms with van der Waals surface area (Å²) in [4.78, 5) is 55.5. The van der Waals surface area contributed by atoms with Crippen molar-refractivity contribution in [3.05, 3.63) is 61.1 Å². The van der Waals surface area contributed by atoms with E-state index in [1.165, 1.54) is 35.1 Å². The molecule has 0 fully saturated rings. The van der Waals surface area contributed by atoms with Gasteiger partial charge >= 0.3 is 11.7 Å². The average molecular weight is 402 g/mol. The molecule has 9 nitrogen and oxygen atoms in total. The molecule has 0 bridgehead atoms. The number of amides is 1. The number of carbonyl (C=O) groups excluding carboxylic acids is 2. The SMILES string of the molecule is CCn1c(=O)[nH]c(=O)c2cc(C(=O)O[C@H](C)C(=O)NCc3cccs3)cnc21. The van der Waals surface area contributed by atoms with Gasteiger partial charge in [0.05, 0.1) is 17.5 Å². The van der Waals surface area contributed by atoms with E-state index in [2.05, 4.69) is 15.3 Å². The molecule has 0 radical (unpaired) electrons. The molecule has 0 aliphatic carbocycles. The molecule has 0 saturated carbocycles. The number of thiophene rings is 1. The Kier molecular flexibility index (Phi) is 5.69. The topological polar surface area (TPSA) is 123 Å². The number of aromatic nitrogens is 3. The number of rotatable bonds is 6. The average Bonchev–Trinajstić information content (AvgIpc) is 3.19. The lowest BCUT2D eigenvalue weighted by molar-refractivity contribution is -0.129. The number of aromatic amines is 1. The largest absolute Gasteiger partial charge is 0.449 e. The van der Waals surface area contributed by atoms with Gasteiger partial charge in [0.25, 0.3) is 11.5 Å². The Morgan fingerprint density at radius 3 is 2.86 bits per heavy atom. The number of ether oxygens (including phenoxy) is 1. The highest BCUT2D eigenvalue weighted by molar-refractivity contribution is 7.09. The molecule has 146 valence electrons. The van der Waals surface area contributed by atoms with Crippen molar-refractivity contribution in [3.8, 4) is 0 Å². The molecule has 2 N–H and O–H groups in total. The summed E-state index contributed by atoms with van der Waals surface area (Å²) in [6.45, 7) is 3.85. The lowest BCUT2D eigenvalue weighted by Crippen LogP contribution is -2.35. The van der Waals surface area contributed by atoms with Crippen LogP contribution in [0.5, 0.6) is 0 Å². The van der Waals surface area contributed by atoms with Crippen LogP contribution in [0.4, 0.5) is 0 Å². The predicted octanol–water partition coefficient (Wildman–Crippen LogP) is 1.03. The number of fused-ring (bicyclic) bond motifs is 1. The van der Waals surface area contributed by atoms with E-state index >= 15 is 0 Å².